The molecule has 72 valence electrons. The van der Waals surface area contributed by atoms with Crippen LogP contribution in [0.2, 0.25) is 0 Å². The van der Waals surface area contributed by atoms with Gasteiger partial charge in [0.25, 0.3) is 0 Å². The van der Waals surface area contributed by atoms with Gasteiger partial charge in [-0.2, -0.15) is 0 Å². The first-order chi connectivity index (χ1) is 5.57. The second-order valence-corrected chi connectivity index (χ2v) is 4.80. The molecule has 2 unspecified atom stereocenters. The zero-order chi connectivity index (χ0) is 9.56. The Morgan fingerprint density at radius 2 is 2.17 bits per heavy atom. The van der Waals surface area contributed by atoms with Crippen molar-refractivity contribution in [1.82, 2.24) is 0 Å². The van der Waals surface area contributed by atoms with Gasteiger partial charge in [-0.3, -0.25) is 9.00 Å². The van der Waals surface area contributed by atoms with Crippen LogP contribution in [0.1, 0.15) is 33.1 Å². The van der Waals surface area contributed by atoms with Crippen LogP contribution in [0, 0.1) is 0 Å². The van der Waals surface area contributed by atoms with Gasteiger partial charge in [0, 0.05) is 21.8 Å². The maximum absolute atomic E-state index is 11.3. The van der Waals surface area contributed by atoms with Crippen molar-refractivity contribution in [1.29, 1.82) is 0 Å². The van der Waals surface area contributed by atoms with E-state index in [1.54, 1.807) is 0 Å². The fraction of sp³-hybridized carbons (Fsp3) is 0.875. The van der Waals surface area contributed by atoms with Crippen molar-refractivity contribution in [2.75, 3.05) is 5.75 Å². The van der Waals surface area contributed by atoms with Crippen LogP contribution in [-0.4, -0.2) is 26.3 Å². The lowest BCUT2D eigenvalue weighted by Crippen LogP contribution is -2.15. The van der Waals surface area contributed by atoms with Crippen molar-refractivity contribution in [3.05, 3.63) is 0 Å². The molecule has 0 radical (unpaired) electrons. The Kier molecular flexibility index (Phi) is 5.98. The van der Waals surface area contributed by atoms with Gasteiger partial charge in [-0.25, -0.2) is 0 Å². The van der Waals surface area contributed by atoms with E-state index in [4.69, 9.17) is 5.11 Å². The molecular formula is C8H16O3S. The van der Waals surface area contributed by atoms with Crippen LogP contribution in [0.25, 0.3) is 0 Å². The van der Waals surface area contributed by atoms with E-state index in [0.29, 0.717) is 0 Å². The molecule has 1 N–H and O–H groups in total. The minimum atomic E-state index is -0.966. The Labute approximate surface area is 75.6 Å². The first-order valence-corrected chi connectivity index (χ1v) is 5.55. The van der Waals surface area contributed by atoms with Gasteiger partial charge in [0.05, 0.1) is 6.42 Å². The predicted octanol–water partition coefficient (Wildman–Crippen LogP) is 1.40. The van der Waals surface area contributed by atoms with Crippen LogP contribution in [0.3, 0.4) is 0 Å². The molecule has 3 nitrogen and oxygen atoms in total. The van der Waals surface area contributed by atoms with Gasteiger partial charge < -0.3 is 5.11 Å². The standard InChI is InChI=1S/C8H16O3S/c1-3-4-7(2)12(11)6-5-8(9)10/h7H,3-6H2,1-2H3,(H,9,10). The van der Waals surface area contributed by atoms with E-state index in [1.807, 2.05) is 13.8 Å². The third-order valence-corrected chi connectivity index (χ3v) is 3.40. The summed E-state index contributed by atoms with van der Waals surface area (Å²) in [5, 5.41) is 8.47. The second kappa shape index (κ2) is 6.17. The third kappa shape index (κ3) is 5.29. The summed E-state index contributed by atoms with van der Waals surface area (Å²) in [5.74, 6) is -0.580. The highest BCUT2D eigenvalue weighted by atomic mass is 32.2. The summed E-state index contributed by atoms with van der Waals surface area (Å²) in [5.41, 5.74) is 0. The van der Waals surface area contributed by atoms with Crippen molar-refractivity contribution < 1.29 is 14.1 Å². The quantitative estimate of drug-likeness (QED) is 0.692. The number of carboxylic acids is 1. The van der Waals surface area contributed by atoms with E-state index >= 15 is 0 Å². The van der Waals surface area contributed by atoms with Gasteiger partial charge in [-0.15, -0.1) is 0 Å². The highest BCUT2D eigenvalue weighted by molar-refractivity contribution is 7.85. The van der Waals surface area contributed by atoms with Crippen LogP contribution in [0.4, 0.5) is 0 Å². The SMILES string of the molecule is CCCC(C)S(=O)CCC(=O)O. The molecular weight excluding hydrogens is 176 g/mol. The number of hydrogen-bond acceptors (Lipinski definition) is 2. The number of carboxylic acid groups (broad SMARTS) is 1. The molecule has 0 aliphatic carbocycles. The molecule has 0 saturated heterocycles. The van der Waals surface area contributed by atoms with Gasteiger partial charge in [0.1, 0.15) is 0 Å². The molecule has 0 aliphatic heterocycles. The lowest BCUT2D eigenvalue weighted by atomic mass is 10.3. The first-order valence-electron chi connectivity index (χ1n) is 4.17. The van der Waals surface area contributed by atoms with Crippen molar-refractivity contribution >= 4 is 16.8 Å². The molecule has 0 aliphatic rings. The van der Waals surface area contributed by atoms with Crippen molar-refractivity contribution in [3.8, 4) is 0 Å². The fourth-order valence-electron chi connectivity index (χ4n) is 0.927. The number of hydrogen-bond donors (Lipinski definition) is 1. The Balaban J connectivity index is 3.64. The van der Waals surface area contributed by atoms with E-state index in [1.165, 1.54) is 0 Å². The lowest BCUT2D eigenvalue weighted by molar-refractivity contribution is -0.136. The zero-order valence-corrected chi connectivity index (χ0v) is 8.39. The van der Waals surface area contributed by atoms with Crippen LogP contribution in [-0.2, 0) is 15.6 Å². The van der Waals surface area contributed by atoms with Gasteiger partial charge in [-0.1, -0.05) is 20.3 Å². The Morgan fingerprint density at radius 3 is 2.58 bits per heavy atom. The molecule has 0 spiro atoms. The molecule has 0 fully saturated rings. The molecule has 0 rings (SSSR count). The summed E-state index contributed by atoms with van der Waals surface area (Å²) in [6.45, 7) is 3.94. The summed E-state index contributed by atoms with van der Waals surface area (Å²) < 4.78 is 11.3. The summed E-state index contributed by atoms with van der Waals surface area (Å²) >= 11 is 0. The third-order valence-electron chi connectivity index (χ3n) is 1.66. The van der Waals surface area contributed by atoms with Crippen LogP contribution >= 0.6 is 0 Å². The molecule has 0 aromatic carbocycles. The van der Waals surface area contributed by atoms with Crippen molar-refractivity contribution in [2.45, 2.75) is 38.4 Å². The average molecular weight is 192 g/mol. The van der Waals surface area contributed by atoms with Gasteiger partial charge in [0.15, 0.2) is 0 Å². The monoisotopic (exact) mass is 192 g/mol. The van der Waals surface area contributed by atoms with E-state index in [9.17, 15) is 9.00 Å². The van der Waals surface area contributed by atoms with Gasteiger partial charge in [-0.05, 0) is 6.42 Å². The molecule has 12 heavy (non-hydrogen) atoms. The molecule has 0 amide bonds. The smallest absolute Gasteiger partial charge is 0.304 e. The molecule has 0 heterocycles. The predicted molar refractivity (Wildman–Crippen MR) is 49.6 cm³/mol. The molecule has 2 atom stereocenters. The minimum Gasteiger partial charge on any atom is -0.481 e. The van der Waals surface area contributed by atoms with Crippen molar-refractivity contribution in [2.24, 2.45) is 0 Å². The minimum absolute atomic E-state index is 0.0145. The largest absolute Gasteiger partial charge is 0.481 e. The van der Waals surface area contributed by atoms with E-state index in [-0.39, 0.29) is 17.4 Å². The Morgan fingerprint density at radius 1 is 1.58 bits per heavy atom. The summed E-state index contributed by atoms with van der Waals surface area (Å²) in [4.78, 5) is 10.1. The summed E-state index contributed by atoms with van der Waals surface area (Å²) in [6, 6.07) is 0. The zero-order valence-electron chi connectivity index (χ0n) is 7.58. The first kappa shape index (κ1) is 11.6. The molecule has 0 bridgehead atoms. The lowest BCUT2D eigenvalue weighted by Gasteiger charge is -2.08. The number of rotatable bonds is 6. The molecule has 0 saturated carbocycles. The number of aliphatic carboxylic acids is 1. The van der Waals surface area contributed by atoms with Crippen molar-refractivity contribution in [3.63, 3.8) is 0 Å². The topological polar surface area (TPSA) is 54.4 Å². The normalized spacial score (nSPS) is 15.5. The van der Waals surface area contributed by atoms with Crippen LogP contribution in [0.5, 0.6) is 0 Å². The van der Waals surface area contributed by atoms with E-state index < -0.39 is 16.8 Å². The molecule has 0 aromatic heterocycles. The molecule has 4 heteroatoms. The average Bonchev–Trinajstić information content (AvgIpc) is 2.00. The maximum Gasteiger partial charge on any atom is 0.304 e. The number of carbonyl (C=O) groups is 1. The van der Waals surface area contributed by atoms with E-state index in [2.05, 4.69) is 0 Å². The van der Waals surface area contributed by atoms with Crippen LogP contribution in [0.15, 0.2) is 0 Å². The highest BCUT2D eigenvalue weighted by Crippen LogP contribution is 2.05. The highest BCUT2D eigenvalue weighted by Gasteiger charge is 2.10. The van der Waals surface area contributed by atoms with Gasteiger partial charge >= 0.3 is 5.97 Å². The fourth-order valence-corrected chi connectivity index (χ4v) is 2.20. The van der Waals surface area contributed by atoms with Gasteiger partial charge in [0.2, 0.25) is 0 Å². The van der Waals surface area contributed by atoms with E-state index in [0.717, 1.165) is 12.8 Å². The molecule has 0 aromatic rings. The maximum atomic E-state index is 11.3. The summed E-state index contributed by atoms with van der Waals surface area (Å²) in [7, 11) is -0.966. The Hall–Kier alpha value is -0.380. The Bertz CT molecular complexity index is 168. The van der Waals surface area contributed by atoms with Crippen LogP contribution < -0.4 is 0 Å². The second-order valence-electron chi connectivity index (χ2n) is 2.83. The summed E-state index contributed by atoms with van der Waals surface area (Å²) in [6.07, 6.45) is 1.92.